The molecule has 1 unspecified atom stereocenters. The van der Waals surface area contributed by atoms with E-state index in [1.807, 2.05) is 0 Å². The Labute approximate surface area is 116 Å². The number of hydrogen-bond acceptors (Lipinski definition) is 2. The number of halogens is 1. The van der Waals surface area contributed by atoms with E-state index in [0.29, 0.717) is 23.8 Å². The highest BCUT2D eigenvalue weighted by atomic mass is 19.1. The van der Waals surface area contributed by atoms with Crippen molar-refractivity contribution in [2.75, 3.05) is 6.61 Å². The lowest BCUT2D eigenvalue weighted by Crippen LogP contribution is -2.12. The summed E-state index contributed by atoms with van der Waals surface area (Å²) in [7, 11) is 0. The molecule has 0 aromatic heterocycles. The van der Waals surface area contributed by atoms with E-state index in [-0.39, 0.29) is 11.9 Å². The highest BCUT2D eigenvalue weighted by Gasteiger charge is 2.10. The second-order valence-electron chi connectivity index (χ2n) is 5.20. The first-order valence-electron chi connectivity index (χ1n) is 7.26. The van der Waals surface area contributed by atoms with Crippen molar-refractivity contribution in [3.8, 4) is 5.75 Å². The molecule has 0 saturated carbocycles. The first-order chi connectivity index (χ1) is 9.08. The summed E-state index contributed by atoms with van der Waals surface area (Å²) in [5.74, 6) is 0.863. The molecule has 2 N–H and O–H groups in total. The lowest BCUT2D eigenvalue weighted by atomic mass is 10.0. The third kappa shape index (κ3) is 5.19. The summed E-state index contributed by atoms with van der Waals surface area (Å²) >= 11 is 0. The largest absolute Gasteiger partial charge is 0.493 e. The number of unbranched alkanes of at least 4 members (excludes halogenated alkanes) is 1. The van der Waals surface area contributed by atoms with Crippen molar-refractivity contribution in [3.05, 3.63) is 29.6 Å². The molecule has 0 amide bonds. The van der Waals surface area contributed by atoms with Crippen LogP contribution in [0.25, 0.3) is 0 Å². The zero-order chi connectivity index (χ0) is 14.3. The van der Waals surface area contributed by atoms with Gasteiger partial charge in [-0.3, -0.25) is 0 Å². The molecule has 19 heavy (non-hydrogen) atoms. The second-order valence-corrected chi connectivity index (χ2v) is 5.20. The summed E-state index contributed by atoms with van der Waals surface area (Å²) in [6, 6.07) is 4.66. The number of rotatable bonds is 8. The van der Waals surface area contributed by atoms with Crippen molar-refractivity contribution < 1.29 is 9.13 Å². The van der Waals surface area contributed by atoms with Gasteiger partial charge in [-0.15, -0.1) is 0 Å². The van der Waals surface area contributed by atoms with Crippen molar-refractivity contribution >= 4 is 0 Å². The van der Waals surface area contributed by atoms with Crippen molar-refractivity contribution in [2.24, 2.45) is 11.7 Å². The molecule has 3 heteroatoms. The molecule has 0 aliphatic heterocycles. The molecule has 1 aromatic carbocycles. The minimum Gasteiger partial charge on any atom is -0.493 e. The first kappa shape index (κ1) is 16.0. The van der Waals surface area contributed by atoms with Crippen LogP contribution in [0.3, 0.4) is 0 Å². The van der Waals surface area contributed by atoms with E-state index in [1.165, 1.54) is 25.3 Å². The molecule has 0 aliphatic rings. The third-order valence-electron chi connectivity index (χ3n) is 3.49. The van der Waals surface area contributed by atoms with Gasteiger partial charge in [0.25, 0.3) is 0 Å². The van der Waals surface area contributed by atoms with Gasteiger partial charge in [0.05, 0.1) is 6.61 Å². The predicted molar refractivity (Wildman–Crippen MR) is 77.8 cm³/mol. The number of nitrogens with two attached hydrogens (primary N) is 1. The van der Waals surface area contributed by atoms with Gasteiger partial charge in [-0.25, -0.2) is 4.39 Å². The SMILES string of the molecule is CCCCC(CC)COc1ccc([C@H](C)N)c(F)c1. The van der Waals surface area contributed by atoms with Crippen molar-refractivity contribution in [2.45, 2.75) is 52.5 Å². The quantitative estimate of drug-likeness (QED) is 0.755. The molecule has 2 nitrogen and oxygen atoms in total. The second kappa shape index (κ2) is 8.16. The van der Waals surface area contributed by atoms with Gasteiger partial charge in [-0.1, -0.05) is 39.2 Å². The Morgan fingerprint density at radius 1 is 1.32 bits per heavy atom. The van der Waals surface area contributed by atoms with Crippen LogP contribution in [0.1, 0.15) is 58.1 Å². The van der Waals surface area contributed by atoms with E-state index < -0.39 is 0 Å². The van der Waals surface area contributed by atoms with Crippen LogP contribution >= 0.6 is 0 Å². The maximum Gasteiger partial charge on any atom is 0.131 e. The summed E-state index contributed by atoms with van der Waals surface area (Å²) in [4.78, 5) is 0. The molecule has 0 heterocycles. The molecular formula is C16H26FNO. The lowest BCUT2D eigenvalue weighted by Gasteiger charge is -2.16. The van der Waals surface area contributed by atoms with Gasteiger partial charge in [0.1, 0.15) is 11.6 Å². The third-order valence-corrected chi connectivity index (χ3v) is 3.49. The average molecular weight is 267 g/mol. The highest BCUT2D eigenvalue weighted by Crippen LogP contribution is 2.22. The predicted octanol–water partition coefficient (Wildman–Crippen LogP) is 4.44. The minimum absolute atomic E-state index is 0.283. The Morgan fingerprint density at radius 2 is 2.05 bits per heavy atom. The Hall–Kier alpha value is -1.09. The fraction of sp³-hybridized carbons (Fsp3) is 0.625. The minimum atomic E-state index is -0.290. The van der Waals surface area contributed by atoms with Crippen molar-refractivity contribution in [3.63, 3.8) is 0 Å². The van der Waals surface area contributed by atoms with E-state index in [2.05, 4.69) is 13.8 Å². The van der Waals surface area contributed by atoms with Crippen LogP contribution in [-0.4, -0.2) is 6.61 Å². The molecule has 108 valence electrons. The molecule has 0 bridgehead atoms. The number of hydrogen-bond donors (Lipinski definition) is 1. The van der Waals surface area contributed by atoms with Crippen molar-refractivity contribution in [1.29, 1.82) is 0 Å². The van der Waals surface area contributed by atoms with Gasteiger partial charge >= 0.3 is 0 Å². The molecule has 0 spiro atoms. The van der Waals surface area contributed by atoms with Gasteiger partial charge in [0, 0.05) is 17.7 Å². The molecule has 1 aromatic rings. The van der Waals surface area contributed by atoms with Gasteiger partial charge in [0.15, 0.2) is 0 Å². The first-order valence-corrected chi connectivity index (χ1v) is 7.26. The van der Waals surface area contributed by atoms with E-state index in [0.717, 1.165) is 6.42 Å². The topological polar surface area (TPSA) is 35.2 Å². The van der Waals surface area contributed by atoms with Crippen LogP contribution < -0.4 is 10.5 Å². The Bertz CT molecular complexity index is 379. The average Bonchev–Trinajstić information content (AvgIpc) is 2.38. The molecule has 1 rings (SSSR count). The lowest BCUT2D eigenvalue weighted by molar-refractivity contribution is 0.232. The molecule has 0 saturated heterocycles. The number of ether oxygens (including phenoxy) is 1. The maximum absolute atomic E-state index is 13.7. The Kier molecular flexibility index (Phi) is 6.85. The monoisotopic (exact) mass is 267 g/mol. The van der Waals surface area contributed by atoms with E-state index >= 15 is 0 Å². The summed E-state index contributed by atoms with van der Waals surface area (Å²) in [5.41, 5.74) is 6.22. The zero-order valence-corrected chi connectivity index (χ0v) is 12.3. The fourth-order valence-corrected chi connectivity index (χ4v) is 2.08. The maximum atomic E-state index is 13.7. The van der Waals surface area contributed by atoms with Crippen LogP contribution in [-0.2, 0) is 0 Å². The molecule has 0 fully saturated rings. The molecular weight excluding hydrogens is 241 g/mol. The summed E-state index contributed by atoms with van der Waals surface area (Å²) < 4.78 is 19.4. The molecule has 2 atom stereocenters. The van der Waals surface area contributed by atoms with Gasteiger partial charge in [0.2, 0.25) is 0 Å². The van der Waals surface area contributed by atoms with Crippen LogP contribution in [0.5, 0.6) is 5.75 Å². The van der Waals surface area contributed by atoms with Crippen LogP contribution in [0.15, 0.2) is 18.2 Å². The Balaban J connectivity index is 2.55. The fourth-order valence-electron chi connectivity index (χ4n) is 2.08. The Morgan fingerprint density at radius 3 is 2.58 bits per heavy atom. The van der Waals surface area contributed by atoms with Gasteiger partial charge in [-0.2, -0.15) is 0 Å². The smallest absolute Gasteiger partial charge is 0.131 e. The van der Waals surface area contributed by atoms with E-state index in [9.17, 15) is 4.39 Å². The summed E-state index contributed by atoms with van der Waals surface area (Å²) in [6.45, 7) is 6.80. The van der Waals surface area contributed by atoms with Crippen LogP contribution in [0.2, 0.25) is 0 Å². The zero-order valence-electron chi connectivity index (χ0n) is 12.3. The summed E-state index contributed by atoms with van der Waals surface area (Å²) in [6.07, 6.45) is 4.70. The van der Waals surface area contributed by atoms with Gasteiger partial charge in [-0.05, 0) is 25.3 Å². The van der Waals surface area contributed by atoms with E-state index in [4.69, 9.17) is 10.5 Å². The van der Waals surface area contributed by atoms with Gasteiger partial charge < -0.3 is 10.5 Å². The standard InChI is InChI=1S/C16H26FNO/c1-4-6-7-13(5-2)11-19-14-8-9-15(12(3)18)16(17)10-14/h8-10,12-13H,4-7,11,18H2,1-3H3/t12-,13?/m0/s1. The van der Waals surface area contributed by atoms with Crippen molar-refractivity contribution in [1.82, 2.24) is 0 Å². The van der Waals surface area contributed by atoms with Crippen LogP contribution in [0.4, 0.5) is 4.39 Å². The molecule has 0 aliphatic carbocycles. The number of benzene rings is 1. The highest BCUT2D eigenvalue weighted by molar-refractivity contribution is 5.30. The summed E-state index contributed by atoms with van der Waals surface area (Å²) in [5, 5.41) is 0. The normalized spacial score (nSPS) is 14.2. The van der Waals surface area contributed by atoms with E-state index in [1.54, 1.807) is 19.1 Å². The molecule has 0 radical (unpaired) electrons. The van der Waals surface area contributed by atoms with Crippen LogP contribution in [0, 0.1) is 11.7 Å².